The molecular weight excluding hydrogens is 126 g/mol. The molecule has 1 unspecified atom stereocenters. The zero-order valence-electron chi connectivity index (χ0n) is 5.30. The lowest BCUT2D eigenvalue weighted by Crippen LogP contribution is -2.33. The molecule has 8 heavy (non-hydrogen) atoms. The van der Waals surface area contributed by atoms with Crippen LogP contribution in [-0.4, -0.2) is 16.3 Å². The summed E-state index contributed by atoms with van der Waals surface area (Å²) < 4.78 is 15.2. The van der Waals surface area contributed by atoms with Gasteiger partial charge in [0.25, 0.3) is 0 Å². The van der Waals surface area contributed by atoms with Crippen molar-refractivity contribution < 1.29 is 8.95 Å². The van der Waals surface area contributed by atoms with E-state index in [2.05, 4.69) is 0 Å². The Hall–Kier alpha value is 0.0700. The van der Waals surface area contributed by atoms with Gasteiger partial charge < -0.3 is 4.74 Å². The second kappa shape index (κ2) is 2.57. The molecule has 0 aliphatic rings. The zero-order valence-corrected chi connectivity index (χ0v) is 6.12. The van der Waals surface area contributed by atoms with Crippen LogP contribution in [0.2, 0.25) is 0 Å². The summed E-state index contributed by atoms with van der Waals surface area (Å²) in [5.74, 6) is 0. The molecule has 0 aromatic rings. The van der Waals surface area contributed by atoms with Gasteiger partial charge in [-0.15, -0.1) is 0 Å². The van der Waals surface area contributed by atoms with Crippen LogP contribution in [0.3, 0.4) is 0 Å². The van der Waals surface area contributed by atoms with Gasteiger partial charge in [-0.05, 0) is 13.8 Å². The fourth-order valence-electron chi connectivity index (χ4n) is 0.0821. The van der Waals surface area contributed by atoms with E-state index >= 15 is 0 Å². The number of rotatable bonds is 2. The topological polar surface area (TPSA) is 52.3 Å². The predicted molar refractivity (Wildman–Crippen MR) is 33.4 cm³/mol. The van der Waals surface area contributed by atoms with Crippen LogP contribution in [-0.2, 0) is 15.7 Å². The van der Waals surface area contributed by atoms with Gasteiger partial charge >= 0.3 is 0 Å². The first-order chi connectivity index (χ1) is 3.50. The Balaban J connectivity index is 3.91. The first kappa shape index (κ1) is 8.07. The highest BCUT2D eigenvalue weighted by Crippen LogP contribution is 2.07. The van der Waals surface area contributed by atoms with Crippen LogP contribution in [0, 0.1) is 0 Å². The molecule has 2 N–H and O–H groups in total. The number of hydrogen-bond acceptors (Lipinski definition) is 2. The van der Waals surface area contributed by atoms with Gasteiger partial charge in [0.05, 0.1) is 0 Å². The van der Waals surface area contributed by atoms with Crippen molar-refractivity contribution in [3.63, 3.8) is 0 Å². The molecule has 0 aliphatic carbocycles. The highest BCUT2D eigenvalue weighted by molar-refractivity contribution is 7.83. The van der Waals surface area contributed by atoms with Crippen molar-refractivity contribution in [1.29, 1.82) is 0 Å². The predicted octanol–water partition coefficient (Wildman–Crippen LogP) is -0.00870. The molecule has 0 radical (unpaired) electrons. The summed E-state index contributed by atoms with van der Waals surface area (Å²) in [4.78, 5) is -0.708. The van der Waals surface area contributed by atoms with E-state index in [4.69, 9.17) is 9.88 Å². The lowest BCUT2D eigenvalue weighted by atomic mass is 10.5. The third kappa shape index (κ3) is 1.90. The average Bonchev–Trinajstić information content (AvgIpc) is 1.67. The summed E-state index contributed by atoms with van der Waals surface area (Å²) in [5.41, 5.74) is 0. The average molecular weight is 137 g/mol. The van der Waals surface area contributed by atoms with Crippen LogP contribution >= 0.6 is 0 Å². The van der Waals surface area contributed by atoms with Crippen molar-refractivity contribution in [2.45, 2.75) is 18.8 Å². The normalized spacial score (nSPS) is 16.0. The van der Waals surface area contributed by atoms with E-state index in [-0.39, 0.29) is 0 Å². The third-order valence-electron chi connectivity index (χ3n) is 0.976. The SMILES string of the molecule is COC(C)(C)S(N)=O. The lowest BCUT2D eigenvalue weighted by molar-refractivity contribution is 0.0984. The lowest BCUT2D eigenvalue weighted by Gasteiger charge is -2.17. The number of methoxy groups -OCH3 is 1. The Morgan fingerprint density at radius 2 is 2.00 bits per heavy atom. The van der Waals surface area contributed by atoms with E-state index in [1.807, 2.05) is 0 Å². The molecule has 0 aromatic carbocycles. The Morgan fingerprint density at radius 3 is 2.00 bits per heavy atom. The molecular formula is C4H11NO2S. The fraction of sp³-hybridized carbons (Fsp3) is 1.00. The molecule has 0 aromatic heterocycles. The Morgan fingerprint density at radius 1 is 1.62 bits per heavy atom. The second-order valence-electron chi connectivity index (χ2n) is 1.90. The Bertz CT molecular complexity index is 102. The molecule has 0 spiro atoms. The summed E-state index contributed by atoms with van der Waals surface area (Å²) in [6.45, 7) is 3.34. The summed E-state index contributed by atoms with van der Waals surface area (Å²) >= 11 is 0. The highest BCUT2D eigenvalue weighted by atomic mass is 32.2. The first-order valence-corrected chi connectivity index (χ1v) is 3.43. The van der Waals surface area contributed by atoms with E-state index in [9.17, 15) is 4.21 Å². The Kier molecular flexibility index (Phi) is 2.59. The van der Waals surface area contributed by atoms with Gasteiger partial charge in [-0.3, -0.25) is 0 Å². The Labute approximate surface area is 51.8 Å². The van der Waals surface area contributed by atoms with Crippen LogP contribution in [0.1, 0.15) is 13.8 Å². The summed E-state index contributed by atoms with van der Waals surface area (Å²) in [6.07, 6.45) is 0. The van der Waals surface area contributed by atoms with Crippen molar-refractivity contribution in [1.82, 2.24) is 0 Å². The molecule has 0 bridgehead atoms. The minimum absolute atomic E-state index is 0.708. The van der Waals surface area contributed by atoms with Gasteiger partial charge in [0.2, 0.25) is 0 Å². The largest absolute Gasteiger partial charge is 0.364 e. The molecule has 0 saturated carbocycles. The molecule has 0 amide bonds. The summed E-state index contributed by atoms with van der Waals surface area (Å²) in [6, 6.07) is 0. The monoisotopic (exact) mass is 137 g/mol. The summed E-state index contributed by atoms with van der Waals surface area (Å²) in [5, 5.41) is 5.03. The third-order valence-corrected chi connectivity index (χ3v) is 2.11. The van der Waals surface area contributed by atoms with Gasteiger partial charge in [-0.25, -0.2) is 9.35 Å². The smallest absolute Gasteiger partial charge is 0.150 e. The van der Waals surface area contributed by atoms with Crippen molar-refractivity contribution in [2.24, 2.45) is 5.14 Å². The van der Waals surface area contributed by atoms with Crippen LogP contribution < -0.4 is 5.14 Å². The van der Waals surface area contributed by atoms with Crippen LogP contribution in [0.5, 0.6) is 0 Å². The maximum absolute atomic E-state index is 10.5. The first-order valence-electron chi connectivity index (χ1n) is 2.22. The molecule has 4 heteroatoms. The molecule has 0 saturated heterocycles. The second-order valence-corrected chi connectivity index (χ2v) is 3.48. The van der Waals surface area contributed by atoms with Crippen molar-refractivity contribution in [3.8, 4) is 0 Å². The molecule has 0 heterocycles. The van der Waals surface area contributed by atoms with E-state index in [1.54, 1.807) is 13.8 Å². The van der Waals surface area contributed by atoms with Gasteiger partial charge in [0, 0.05) is 7.11 Å². The van der Waals surface area contributed by atoms with E-state index in [0.29, 0.717) is 0 Å². The maximum atomic E-state index is 10.5. The van der Waals surface area contributed by atoms with E-state index in [1.165, 1.54) is 7.11 Å². The maximum Gasteiger partial charge on any atom is 0.150 e. The molecule has 0 rings (SSSR count). The van der Waals surface area contributed by atoms with Gasteiger partial charge in [-0.1, -0.05) is 0 Å². The number of nitrogens with two attached hydrogens (primary N) is 1. The van der Waals surface area contributed by atoms with Crippen molar-refractivity contribution in [3.05, 3.63) is 0 Å². The molecule has 0 fully saturated rings. The van der Waals surface area contributed by atoms with Crippen molar-refractivity contribution in [2.75, 3.05) is 7.11 Å². The molecule has 1 atom stereocenters. The van der Waals surface area contributed by atoms with Crippen LogP contribution in [0.4, 0.5) is 0 Å². The molecule has 3 nitrogen and oxygen atoms in total. The highest BCUT2D eigenvalue weighted by Gasteiger charge is 2.21. The minimum Gasteiger partial charge on any atom is -0.364 e. The standard InChI is InChI=1S/C4H11NO2S/c1-4(2,7-3)8(5)6/h5H2,1-3H3. The van der Waals surface area contributed by atoms with Crippen molar-refractivity contribution >= 4 is 11.0 Å². The van der Waals surface area contributed by atoms with E-state index < -0.39 is 15.9 Å². The molecule has 50 valence electrons. The van der Waals surface area contributed by atoms with Crippen LogP contribution in [0.15, 0.2) is 0 Å². The minimum atomic E-state index is -1.40. The van der Waals surface area contributed by atoms with Gasteiger partial charge in [-0.2, -0.15) is 0 Å². The van der Waals surface area contributed by atoms with E-state index in [0.717, 1.165) is 0 Å². The quantitative estimate of drug-likeness (QED) is 0.582. The zero-order chi connectivity index (χ0) is 6.78. The fourth-order valence-corrected chi connectivity index (χ4v) is 0.246. The molecule has 0 aliphatic heterocycles. The van der Waals surface area contributed by atoms with Crippen LogP contribution in [0.25, 0.3) is 0 Å². The van der Waals surface area contributed by atoms with Gasteiger partial charge in [0.1, 0.15) is 11.0 Å². The number of hydrogen-bond donors (Lipinski definition) is 1. The number of ether oxygens (including phenoxy) is 1. The van der Waals surface area contributed by atoms with Gasteiger partial charge in [0.15, 0.2) is 4.93 Å². The summed E-state index contributed by atoms with van der Waals surface area (Å²) in [7, 11) is 0.0788.